The summed E-state index contributed by atoms with van der Waals surface area (Å²) in [6.45, 7) is 0.605. The molecule has 21 heavy (non-hydrogen) atoms. The van der Waals surface area contributed by atoms with E-state index in [4.69, 9.17) is 5.11 Å². The third-order valence-corrected chi connectivity index (χ3v) is 6.73. The maximum Gasteiger partial charge on any atom is 0.313 e. The van der Waals surface area contributed by atoms with Crippen molar-refractivity contribution in [1.82, 2.24) is 9.55 Å². The number of carboxylic acid groups (broad SMARTS) is 1. The van der Waals surface area contributed by atoms with Gasteiger partial charge in [-0.25, -0.2) is 4.98 Å². The molecule has 1 N–H and O–H groups in total. The average Bonchev–Trinajstić information content (AvgIpc) is 3.07. The molecular weight excluding hydrogens is 328 g/mol. The molecule has 1 aliphatic rings. The summed E-state index contributed by atoms with van der Waals surface area (Å²) in [5.41, 5.74) is -0.0607. The van der Waals surface area contributed by atoms with E-state index in [9.17, 15) is 9.59 Å². The number of thioether (sulfide) groups is 2. The highest BCUT2D eigenvalue weighted by Crippen LogP contribution is 2.48. The second-order valence-corrected chi connectivity index (χ2v) is 8.11. The lowest BCUT2D eigenvalue weighted by Gasteiger charge is -2.17. The Bertz CT molecular complexity index is 749. The molecule has 0 saturated heterocycles. The van der Waals surface area contributed by atoms with Crippen LogP contribution in [0.2, 0.25) is 0 Å². The third kappa shape index (κ3) is 2.97. The summed E-state index contributed by atoms with van der Waals surface area (Å²) in [5, 5.41) is 11.8. The molecule has 2 heterocycles. The number of hydrogen-bond acceptors (Lipinski definition) is 6. The summed E-state index contributed by atoms with van der Waals surface area (Å²) in [4.78, 5) is 28.6. The fraction of sp³-hybridized carbons (Fsp3) is 0.462. The maximum atomic E-state index is 12.6. The lowest BCUT2D eigenvalue weighted by Crippen LogP contribution is -2.28. The highest BCUT2D eigenvalue weighted by atomic mass is 32.2. The first-order valence-corrected chi connectivity index (χ1v) is 9.51. The van der Waals surface area contributed by atoms with Gasteiger partial charge < -0.3 is 5.11 Å². The minimum Gasteiger partial charge on any atom is -0.481 e. The molecule has 0 aromatic carbocycles. The van der Waals surface area contributed by atoms with Crippen LogP contribution in [0.3, 0.4) is 0 Å². The molecule has 112 valence electrons. The zero-order valence-electron chi connectivity index (χ0n) is 11.4. The van der Waals surface area contributed by atoms with Crippen LogP contribution in [0.25, 0.3) is 10.2 Å². The second-order valence-electron chi connectivity index (χ2n) is 4.99. The topological polar surface area (TPSA) is 72.2 Å². The van der Waals surface area contributed by atoms with Gasteiger partial charge in [0.05, 0.1) is 11.1 Å². The van der Waals surface area contributed by atoms with Gasteiger partial charge in [0.2, 0.25) is 0 Å². The molecule has 0 radical (unpaired) electrons. The molecular formula is C13H14N2O3S3. The number of aliphatic carboxylic acids is 1. The van der Waals surface area contributed by atoms with Crippen LogP contribution in [0.15, 0.2) is 21.4 Å². The number of rotatable bonds is 6. The van der Waals surface area contributed by atoms with Crippen LogP contribution in [0.5, 0.6) is 0 Å². The summed E-state index contributed by atoms with van der Waals surface area (Å²) in [5.74, 6) is -0.992. The molecule has 0 amide bonds. The van der Waals surface area contributed by atoms with Gasteiger partial charge in [0.15, 0.2) is 5.16 Å². The maximum absolute atomic E-state index is 12.6. The fourth-order valence-corrected chi connectivity index (χ4v) is 4.45. The lowest BCUT2D eigenvalue weighted by atomic mass is 10.3. The van der Waals surface area contributed by atoms with Gasteiger partial charge in [-0.05, 0) is 30.5 Å². The van der Waals surface area contributed by atoms with Gasteiger partial charge >= 0.3 is 5.97 Å². The van der Waals surface area contributed by atoms with Crippen LogP contribution >= 0.6 is 34.9 Å². The Morgan fingerprint density at radius 2 is 2.33 bits per heavy atom. The predicted octanol–water partition coefficient (Wildman–Crippen LogP) is 2.53. The summed E-state index contributed by atoms with van der Waals surface area (Å²) < 4.78 is 1.78. The van der Waals surface area contributed by atoms with Crippen molar-refractivity contribution in [3.8, 4) is 0 Å². The number of nitrogens with zero attached hydrogens (tertiary/aromatic N) is 2. The Morgan fingerprint density at radius 3 is 2.95 bits per heavy atom. The first kappa shape index (κ1) is 14.9. The van der Waals surface area contributed by atoms with E-state index in [0.29, 0.717) is 21.9 Å². The van der Waals surface area contributed by atoms with E-state index in [-0.39, 0.29) is 16.1 Å². The van der Waals surface area contributed by atoms with E-state index in [0.717, 1.165) is 24.6 Å². The number of carboxylic acids is 1. The normalized spacial score (nSPS) is 16.2. The van der Waals surface area contributed by atoms with Crippen LogP contribution in [0.1, 0.15) is 12.8 Å². The van der Waals surface area contributed by atoms with E-state index in [2.05, 4.69) is 11.2 Å². The van der Waals surface area contributed by atoms with Gasteiger partial charge in [0, 0.05) is 11.3 Å². The zero-order valence-corrected chi connectivity index (χ0v) is 13.8. The molecule has 8 heteroatoms. The van der Waals surface area contributed by atoms with E-state index >= 15 is 0 Å². The molecule has 2 aromatic heterocycles. The summed E-state index contributed by atoms with van der Waals surface area (Å²) in [7, 11) is 0. The SMILES string of the molecule is CSC1(Cn2c(SCC(=O)O)nc3sccc3c2=O)CC1. The molecule has 0 bridgehead atoms. The number of carbonyl (C=O) groups is 1. The molecule has 0 spiro atoms. The first-order chi connectivity index (χ1) is 10.0. The Labute approximate surface area is 133 Å². The molecule has 1 aliphatic carbocycles. The van der Waals surface area contributed by atoms with Crippen LogP contribution in [0, 0.1) is 0 Å². The van der Waals surface area contributed by atoms with Gasteiger partial charge in [-0.3, -0.25) is 14.2 Å². The molecule has 5 nitrogen and oxygen atoms in total. The van der Waals surface area contributed by atoms with Gasteiger partial charge in [0.1, 0.15) is 4.83 Å². The minimum absolute atomic E-state index is 0.0607. The molecule has 2 aromatic rings. The van der Waals surface area contributed by atoms with Crippen molar-refractivity contribution in [2.45, 2.75) is 29.3 Å². The monoisotopic (exact) mass is 342 g/mol. The van der Waals surface area contributed by atoms with Crippen LogP contribution < -0.4 is 5.56 Å². The van der Waals surface area contributed by atoms with Crippen molar-refractivity contribution < 1.29 is 9.90 Å². The number of hydrogen-bond donors (Lipinski definition) is 1. The van der Waals surface area contributed by atoms with Crippen molar-refractivity contribution in [1.29, 1.82) is 0 Å². The standard InChI is InChI=1S/C13H14N2O3S3/c1-19-13(3-4-13)7-15-11(18)8-2-5-20-10(8)14-12(15)21-6-9(16)17/h2,5H,3-4,6-7H2,1H3,(H,16,17). The van der Waals surface area contributed by atoms with E-state index < -0.39 is 5.97 Å². The highest BCUT2D eigenvalue weighted by Gasteiger charge is 2.43. The third-order valence-electron chi connectivity index (χ3n) is 3.56. The van der Waals surface area contributed by atoms with Gasteiger partial charge in [-0.1, -0.05) is 11.8 Å². The van der Waals surface area contributed by atoms with Crippen LogP contribution in [0.4, 0.5) is 0 Å². The van der Waals surface area contributed by atoms with Crippen molar-refractivity contribution in [2.75, 3.05) is 12.0 Å². The summed E-state index contributed by atoms with van der Waals surface area (Å²) in [6.07, 6.45) is 4.23. The average molecular weight is 342 g/mol. The first-order valence-electron chi connectivity index (χ1n) is 6.42. The summed E-state index contributed by atoms with van der Waals surface area (Å²) in [6, 6.07) is 1.79. The molecule has 3 rings (SSSR count). The minimum atomic E-state index is -0.905. The van der Waals surface area contributed by atoms with E-state index in [1.165, 1.54) is 11.3 Å². The van der Waals surface area contributed by atoms with Gasteiger partial charge in [-0.2, -0.15) is 11.8 Å². The van der Waals surface area contributed by atoms with Crippen LogP contribution in [-0.4, -0.2) is 37.4 Å². The lowest BCUT2D eigenvalue weighted by molar-refractivity contribution is -0.133. The molecule has 1 saturated carbocycles. The van der Waals surface area contributed by atoms with Crippen molar-refractivity contribution >= 4 is 51.0 Å². The molecule has 0 unspecified atom stereocenters. The van der Waals surface area contributed by atoms with E-state index in [1.54, 1.807) is 22.4 Å². The van der Waals surface area contributed by atoms with Crippen LogP contribution in [-0.2, 0) is 11.3 Å². The van der Waals surface area contributed by atoms with Crippen molar-refractivity contribution in [2.24, 2.45) is 0 Å². The summed E-state index contributed by atoms with van der Waals surface area (Å²) >= 11 is 4.30. The van der Waals surface area contributed by atoms with Crippen molar-refractivity contribution in [3.05, 3.63) is 21.8 Å². The van der Waals surface area contributed by atoms with Crippen molar-refractivity contribution in [3.63, 3.8) is 0 Å². The predicted molar refractivity (Wildman–Crippen MR) is 87.7 cm³/mol. The largest absolute Gasteiger partial charge is 0.481 e. The Kier molecular flexibility index (Phi) is 4.02. The Hall–Kier alpha value is -0.990. The zero-order chi connectivity index (χ0) is 15.0. The number of fused-ring (bicyclic) bond motifs is 1. The van der Waals surface area contributed by atoms with Gasteiger partial charge in [-0.15, -0.1) is 11.3 Å². The molecule has 0 atom stereocenters. The molecule has 0 aliphatic heterocycles. The smallest absolute Gasteiger partial charge is 0.313 e. The Morgan fingerprint density at radius 1 is 1.57 bits per heavy atom. The number of aromatic nitrogens is 2. The Balaban J connectivity index is 2.04. The van der Waals surface area contributed by atoms with E-state index in [1.807, 2.05) is 5.38 Å². The fourth-order valence-electron chi connectivity index (χ4n) is 2.16. The molecule has 1 fully saturated rings. The second kappa shape index (κ2) is 5.66. The quantitative estimate of drug-likeness (QED) is 0.642. The van der Waals surface area contributed by atoms with Gasteiger partial charge in [0.25, 0.3) is 5.56 Å². The number of thiophene rings is 1. The highest BCUT2D eigenvalue weighted by molar-refractivity contribution is 8.00.